The Labute approximate surface area is 326 Å². The molecule has 3 N–H and O–H groups in total. The monoisotopic (exact) mass is 781 g/mol. The van der Waals surface area contributed by atoms with Crippen molar-refractivity contribution in [3.63, 3.8) is 0 Å². The zero-order valence-electron chi connectivity index (χ0n) is 31.5. The fraction of sp³-hybridized carbons (Fsp3) is 0.405. The Hall–Kier alpha value is -5.34. The topological polar surface area (TPSA) is 175 Å². The van der Waals surface area contributed by atoms with Crippen molar-refractivity contribution in [2.75, 3.05) is 6.54 Å². The number of nitrogens with one attached hydrogen (secondary N) is 2. The van der Waals surface area contributed by atoms with Crippen molar-refractivity contribution in [1.82, 2.24) is 20.0 Å². The van der Waals surface area contributed by atoms with E-state index in [-0.39, 0.29) is 25.8 Å². The normalized spacial score (nSPS) is 22.8. The minimum atomic E-state index is -3.92. The Bertz CT molecular complexity index is 2120. The van der Waals surface area contributed by atoms with Gasteiger partial charge in [0.1, 0.15) is 29.4 Å². The lowest BCUT2D eigenvalue weighted by atomic mass is 10.0. The zero-order valence-corrected chi connectivity index (χ0v) is 32.3. The van der Waals surface area contributed by atoms with Crippen LogP contribution in [-0.4, -0.2) is 88.4 Å². The molecule has 13 nitrogen and oxygen atoms in total. The lowest BCUT2D eigenvalue weighted by Gasteiger charge is -2.34. The summed E-state index contributed by atoms with van der Waals surface area (Å²) >= 11 is 0. The minimum absolute atomic E-state index is 0.0116. The van der Waals surface area contributed by atoms with Crippen LogP contribution >= 0.6 is 0 Å². The molecule has 7 rings (SSSR count). The van der Waals surface area contributed by atoms with E-state index >= 15 is 0 Å². The molecule has 0 unspecified atom stereocenters. The minimum Gasteiger partial charge on any atom is -0.390 e. The summed E-state index contributed by atoms with van der Waals surface area (Å²) in [6, 6.07) is 22.6. The van der Waals surface area contributed by atoms with Gasteiger partial charge in [-0.25, -0.2) is 13.5 Å². The van der Waals surface area contributed by atoms with Crippen LogP contribution < -0.4 is 10.0 Å². The van der Waals surface area contributed by atoms with Crippen LogP contribution in [0.1, 0.15) is 69.1 Å². The molecule has 3 fully saturated rings. The maximum absolute atomic E-state index is 14.5. The first-order valence-corrected chi connectivity index (χ1v) is 20.7. The molecule has 14 heteroatoms. The van der Waals surface area contributed by atoms with Crippen molar-refractivity contribution in [2.24, 2.45) is 17.0 Å². The summed E-state index contributed by atoms with van der Waals surface area (Å²) in [6.07, 6.45) is 2.72. The number of carbonyl (C=O) groups is 4. The van der Waals surface area contributed by atoms with E-state index in [1.807, 2.05) is 78.9 Å². The molecule has 3 aliphatic carbocycles. The number of nitrogens with zero attached hydrogens (tertiary/aromatic N) is 3. The van der Waals surface area contributed by atoms with Crippen molar-refractivity contribution in [3.05, 3.63) is 108 Å². The number of benzene rings is 3. The smallest absolute Gasteiger partial charge is 0.259 e. The standard InChI is InChI=1S/C42H47N5O8S/c1-4-28-24-42(28,41(51)45-56(53,54)30-21-22-30)43-39(49)35-23-29(55-44-37-33-18-10-8-16-31(33)32-17-9-11-19-34(32)37)25-46(35)40(50)38(26(2)3)47(52)36(48)20-12-15-27-13-6-5-7-14-27/h4-11,13-14,16-19,26,28-30,35,38,52H,1,12,15,20-25H2,2-3H3,(H,43,49)(H,45,51)/t28-,29-,35+,38-,42+/m1/s1. The Kier molecular flexibility index (Phi) is 10.9. The van der Waals surface area contributed by atoms with Crippen LogP contribution in [0.2, 0.25) is 0 Å². The Balaban J connectivity index is 1.13. The van der Waals surface area contributed by atoms with E-state index < -0.39 is 74.5 Å². The van der Waals surface area contributed by atoms with Gasteiger partial charge in [-0.15, -0.1) is 6.58 Å². The van der Waals surface area contributed by atoms with Gasteiger partial charge in [0.2, 0.25) is 27.7 Å². The number of carbonyl (C=O) groups excluding carboxylic acids is 4. The van der Waals surface area contributed by atoms with Crippen LogP contribution in [0.4, 0.5) is 0 Å². The number of hydroxylamine groups is 2. The Morgan fingerprint density at radius 2 is 1.59 bits per heavy atom. The molecule has 3 aromatic rings. The van der Waals surface area contributed by atoms with Gasteiger partial charge in [0.15, 0.2) is 0 Å². The zero-order chi connectivity index (χ0) is 39.8. The van der Waals surface area contributed by atoms with Crippen LogP contribution in [0.25, 0.3) is 11.1 Å². The molecule has 0 spiro atoms. The second-order valence-electron chi connectivity index (χ2n) is 15.4. The predicted octanol–water partition coefficient (Wildman–Crippen LogP) is 4.34. The van der Waals surface area contributed by atoms with Crippen molar-refractivity contribution in [1.29, 1.82) is 0 Å². The summed E-state index contributed by atoms with van der Waals surface area (Å²) in [5.74, 6) is -3.99. The number of oxime groups is 1. The van der Waals surface area contributed by atoms with Gasteiger partial charge in [0.05, 0.1) is 11.8 Å². The summed E-state index contributed by atoms with van der Waals surface area (Å²) in [4.78, 5) is 63.0. The highest BCUT2D eigenvalue weighted by atomic mass is 32.2. The van der Waals surface area contributed by atoms with E-state index in [0.29, 0.717) is 36.5 Å². The number of hydrogen-bond donors (Lipinski definition) is 3. The van der Waals surface area contributed by atoms with Gasteiger partial charge in [-0.2, -0.15) is 0 Å². The quantitative estimate of drug-likeness (QED) is 0.0908. The third-order valence-corrected chi connectivity index (χ3v) is 13.0. The number of amides is 4. The molecule has 0 bridgehead atoms. The van der Waals surface area contributed by atoms with Gasteiger partial charge in [-0.3, -0.25) is 29.1 Å². The van der Waals surface area contributed by atoms with Crippen LogP contribution in [-0.2, 0) is 40.5 Å². The van der Waals surface area contributed by atoms with Crippen LogP contribution in [0.15, 0.2) is 96.7 Å². The molecule has 0 aromatic heterocycles. The summed E-state index contributed by atoms with van der Waals surface area (Å²) in [5, 5.41) is 18.4. The summed E-state index contributed by atoms with van der Waals surface area (Å²) < 4.78 is 27.6. The summed E-state index contributed by atoms with van der Waals surface area (Å²) in [6.45, 7) is 7.05. The maximum Gasteiger partial charge on any atom is 0.259 e. The SMILES string of the molecule is C=C[C@@H]1C[C@@]1(NC(=O)[C@@H]1C[C@@H](ON=C2c3ccccc3-c3ccccc32)CN1C(=O)[C@@H](C(C)C)N(O)C(=O)CCCc1ccccc1)C(=O)NS(=O)(=O)C1CC1. The Morgan fingerprint density at radius 3 is 2.16 bits per heavy atom. The number of hydrogen-bond acceptors (Lipinski definition) is 9. The molecule has 56 heavy (non-hydrogen) atoms. The third kappa shape index (κ3) is 7.72. The van der Waals surface area contributed by atoms with Crippen LogP contribution in [0, 0.1) is 11.8 Å². The molecular weight excluding hydrogens is 735 g/mol. The lowest BCUT2D eigenvalue weighted by Crippen LogP contribution is -2.59. The number of rotatable bonds is 15. The predicted molar refractivity (Wildman–Crippen MR) is 208 cm³/mol. The Morgan fingerprint density at radius 1 is 0.982 bits per heavy atom. The molecule has 1 heterocycles. The van der Waals surface area contributed by atoms with E-state index in [1.165, 1.54) is 11.0 Å². The molecule has 3 aromatic carbocycles. The maximum atomic E-state index is 14.5. The van der Waals surface area contributed by atoms with Gasteiger partial charge in [-0.05, 0) is 54.7 Å². The first-order valence-electron chi connectivity index (χ1n) is 19.1. The highest BCUT2D eigenvalue weighted by molar-refractivity contribution is 7.91. The van der Waals surface area contributed by atoms with Crippen molar-refractivity contribution in [3.8, 4) is 11.1 Å². The average Bonchev–Trinajstić information content (AvgIpc) is 4.10. The van der Waals surface area contributed by atoms with E-state index in [9.17, 15) is 32.8 Å². The number of likely N-dealkylation sites (tertiary alicyclic amines) is 1. The number of aryl methyl sites for hydroxylation is 1. The second-order valence-corrected chi connectivity index (χ2v) is 17.4. The summed E-state index contributed by atoms with van der Waals surface area (Å²) in [5.41, 5.74) is 3.79. The third-order valence-electron chi connectivity index (χ3n) is 11.1. The average molecular weight is 782 g/mol. The largest absolute Gasteiger partial charge is 0.390 e. The van der Waals surface area contributed by atoms with Crippen LogP contribution in [0.5, 0.6) is 0 Å². The van der Waals surface area contributed by atoms with E-state index in [2.05, 4.69) is 21.8 Å². The highest BCUT2D eigenvalue weighted by Crippen LogP contribution is 2.45. The fourth-order valence-corrected chi connectivity index (χ4v) is 9.17. The van der Waals surface area contributed by atoms with Crippen molar-refractivity contribution >= 4 is 39.4 Å². The van der Waals surface area contributed by atoms with Crippen LogP contribution in [0.3, 0.4) is 0 Å². The molecule has 2 saturated carbocycles. The molecule has 294 valence electrons. The second kappa shape index (κ2) is 15.7. The molecule has 1 saturated heterocycles. The molecule has 5 atom stereocenters. The first-order chi connectivity index (χ1) is 26.8. The summed E-state index contributed by atoms with van der Waals surface area (Å²) in [7, 11) is -3.92. The van der Waals surface area contributed by atoms with E-state index in [0.717, 1.165) is 27.8 Å². The van der Waals surface area contributed by atoms with E-state index in [1.54, 1.807) is 13.8 Å². The molecule has 1 aliphatic heterocycles. The molecule has 0 radical (unpaired) electrons. The lowest BCUT2D eigenvalue weighted by molar-refractivity contribution is -0.188. The number of sulfonamides is 1. The van der Waals surface area contributed by atoms with Gasteiger partial charge >= 0.3 is 0 Å². The first kappa shape index (κ1) is 38.9. The van der Waals surface area contributed by atoms with Crippen molar-refractivity contribution < 1.29 is 37.6 Å². The van der Waals surface area contributed by atoms with Crippen molar-refractivity contribution in [2.45, 2.75) is 87.8 Å². The molecule has 4 amide bonds. The molecular formula is C42H47N5O8S. The highest BCUT2D eigenvalue weighted by Gasteiger charge is 2.62. The van der Waals surface area contributed by atoms with E-state index in [4.69, 9.17) is 4.84 Å². The van der Waals surface area contributed by atoms with Gasteiger partial charge in [-0.1, -0.05) is 104 Å². The van der Waals surface area contributed by atoms with Gasteiger partial charge < -0.3 is 15.1 Å². The number of fused-ring (bicyclic) bond motifs is 3. The molecule has 4 aliphatic rings. The fourth-order valence-electron chi connectivity index (χ4n) is 7.80. The van der Waals surface area contributed by atoms with Gasteiger partial charge in [0, 0.05) is 29.9 Å². The van der Waals surface area contributed by atoms with Gasteiger partial charge in [0.25, 0.3) is 5.91 Å².